The lowest BCUT2D eigenvalue weighted by Crippen LogP contribution is -2.05. The average molecular weight is 170 g/mol. The van der Waals surface area contributed by atoms with Crippen molar-refractivity contribution < 1.29 is 14.6 Å². The van der Waals surface area contributed by atoms with E-state index < -0.39 is 5.97 Å². The van der Waals surface area contributed by atoms with Gasteiger partial charge in [0.25, 0.3) is 0 Å². The summed E-state index contributed by atoms with van der Waals surface area (Å²) >= 11 is 0. The number of rotatable bonds is 3. The molecule has 0 fully saturated rings. The standard InChI is InChI=1S/C7H10N2O3/c1-9-6(4-12-2)5(3-8-9)7(10)11/h3H,4H2,1-2H3,(H,10,11). The number of ether oxygens (including phenoxy) is 1. The van der Waals surface area contributed by atoms with Gasteiger partial charge in [0.1, 0.15) is 5.56 Å². The van der Waals surface area contributed by atoms with Gasteiger partial charge in [-0.25, -0.2) is 4.79 Å². The van der Waals surface area contributed by atoms with Crippen molar-refractivity contribution in [1.82, 2.24) is 9.78 Å². The van der Waals surface area contributed by atoms with Crippen LogP contribution in [0.5, 0.6) is 0 Å². The number of hydrogen-bond donors (Lipinski definition) is 1. The van der Waals surface area contributed by atoms with E-state index in [0.29, 0.717) is 5.69 Å². The van der Waals surface area contributed by atoms with E-state index in [1.807, 2.05) is 0 Å². The lowest BCUT2D eigenvalue weighted by molar-refractivity contribution is 0.0691. The molecule has 0 unspecified atom stereocenters. The van der Waals surface area contributed by atoms with Crippen molar-refractivity contribution in [2.45, 2.75) is 6.61 Å². The maximum absolute atomic E-state index is 10.6. The number of aromatic nitrogens is 2. The second-order valence-electron chi connectivity index (χ2n) is 2.37. The first kappa shape index (κ1) is 8.73. The van der Waals surface area contributed by atoms with Crippen molar-refractivity contribution in [3.63, 3.8) is 0 Å². The molecule has 0 aliphatic heterocycles. The summed E-state index contributed by atoms with van der Waals surface area (Å²) in [5.74, 6) is -0.977. The van der Waals surface area contributed by atoms with Gasteiger partial charge >= 0.3 is 5.97 Å². The first-order valence-electron chi connectivity index (χ1n) is 3.40. The van der Waals surface area contributed by atoms with Gasteiger partial charge in [0.15, 0.2) is 0 Å². The molecule has 1 rings (SSSR count). The minimum absolute atomic E-state index is 0.194. The first-order chi connectivity index (χ1) is 5.66. The van der Waals surface area contributed by atoms with Gasteiger partial charge < -0.3 is 9.84 Å². The lowest BCUT2D eigenvalue weighted by Gasteiger charge is -2.00. The summed E-state index contributed by atoms with van der Waals surface area (Å²) in [6.45, 7) is 0.262. The lowest BCUT2D eigenvalue weighted by atomic mass is 10.2. The third kappa shape index (κ3) is 1.45. The fraction of sp³-hybridized carbons (Fsp3) is 0.429. The number of carboxylic acids is 1. The Kier molecular flexibility index (Phi) is 2.44. The highest BCUT2D eigenvalue weighted by Gasteiger charge is 2.13. The summed E-state index contributed by atoms with van der Waals surface area (Å²) in [4.78, 5) is 10.6. The fourth-order valence-corrected chi connectivity index (χ4v) is 0.949. The molecule has 0 aromatic carbocycles. The summed E-state index contributed by atoms with van der Waals surface area (Å²) in [7, 11) is 3.19. The Morgan fingerprint density at radius 2 is 2.50 bits per heavy atom. The van der Waals surface area contributed by atoms with Crippen molar-refractivity contribution in [2.24, 2.45) is 7.05 Å². The van der Waals surface area contributed by atoms with E-state index >= 15 is 0 Å². The molecule has 0 saturated carbocycles. The maximum atomic E-state index is 10.6. The van der Waals surface area contributed by atoms with E-state index in [4.69, 9.17) is 9.84 Å². The third-order valence-corrected chi connectivity index (χ3v) is 1.57. The summed E-state index contributed by atoms with van der Waals surface area (Å²) < 4.78 is 6.33. The van der Waals surface area contributed by atoms with E-state index in [1.165, 1.54) is 18.0 Å². The Bertz CT molecular complexity index is 293. The molecule has 0 amide bonds. The molecule has 0 saturated heterocycles. The summed E-state index contributed by atoms with van der Waals surface area (Å²) in [5.41, 5.74) is 0.768. The molecule has 0 radical (unpaired) electrons. The van der Waals surface area contributed by atoms with E-state index in [1.54, 1.807) is 7.05 Å². The zero-order valence-electron chi connectivity index (χ0n) is 6.94. The van der Waals surface area contributed by atoms with Crippen LogP contribution in [0.3, 0.4) is 0 Å². The molecule has 12 heavy (non-hydrogen) atoms. The quantitative estimate of drug-likeness (QED) is 0.706. The molecule has 1 heterocycles. The molecular weight excluding hydrogens is 160 g/mol. The number of methoxy groups -OCH3 is 1. The number of hydrogen-bond acceptors (Lipinski definition) is 3. The SMILES string of the molecule is COCc1c(C(=O)O)cnn1C. The Morgan fingerprint density at radius 3 is 3.00 bits per heavy atom. The van der Waals surface area contributed by atoms with Crippen molar-refractivity contribution in [2.75, 3.05) is 7.11 Å². The molecule has 5 heteroatoms. The molecule has 1 N–H and O–H groups in total. The minimum Gasteiger partial charge on any atom is -0.478 e. The van der Waals surface area contributed by atoms with E-state index in [-0.39, 0.29) is 12.2 Å². The maximum Gasteiger partial charge on any atom is 0.339 e. The predicted molar refractivity (Wildman–Crippen MR) is 40.9 cm³/mol. The second kappa shape index (κ2) is 3.36. The van der Waals surface area contributed by atoms with Crippen LogP contribution in [-0.2, 0) is 18.4 Å². The van der Waals surface area contributed by atoms with E-state index in [9.17, 15) is 4.79 Å². The predicted octanol–water partition coefficient (Wildman–Crippen LogP) is 0.265. The molecule has 0 spiro atoms. The van der Waals surface area contributed by atoms with E-state index in [2.05, 4.69) is 5.10 Å². The summed E-state index contributed by atoms with van der Waals surface area (Å²) in [5, 5.41) is 12.5. The molecule has 66 valence electrons. The first-order valence-corrected chi connectivity index (χ1v) is 3.40. The van der Waals surface area contributed by atoms with Crippen LogP contribution in [0.15, 0.2) is 6.20 Å². The van der Waals surface area contributed by atoms with Crippen LogP contribution in [0.25, 0.3) is 0 Å². The summed E-state index contributed by atoms with van der Waals surface area (Å²) in [6.07, 6.45) is 1.32. The highest BCUT2D eigenvalue weighted by atomic mass is 16.5. The molecule has 0 aliphatic rings. The van der Waals surface area contributed by atoms with Crippen LogP contribution in [0, 0.1) is 0 Å². The van der Waals surface area contributed by atoms with Crippen LogP contribution in [0.4, 0.5) is 0 Å². The number of nitrogens with zero attached hydrogens (tertiary/aromatic N) is 2. The number of carboxylic acid groups (broad SMARTS) is 1. The highest BCUT2D eigenvalue weighted by Crippen LogP contribution is 2.07. The van der Waals surface area contributed by atoms with Gasteiger partial charge in [-0.3, -0.25) is 4.68 Å². The van der Waals surface area contributed by atoms with Crippen LogP contribution >= 0.6 is 0 Å². The van der Waals surface area contributed by atoms with Gasteiger partial charge in [0.05, 0.1) is 18.5 Å². The Morgan fingerprint density at radius 1 is 1.83 bits per heavy atom. The average Bonchev–Trinajstić information content (AvgIpc) is 2.34. The molecule has 0 aliphatic carbocycles. The zero-order valence-corrected chi connectivity index (χ0v) is 6.94. The van der Waals surface area contributed by atoms with Gasteiger partial charge in [-0.1, -0.05) is 0 Å². The van der Waals surface area contributed by atoms with Gasteiger partial charge in [-0.15, -0.1) is 0 Å². The van der Waals surface area contributed by atoms with Crippen molar-refractivity contribution in [3.8, 4) is 0 Å². The molecule has 1 aromatic heterocycles. The molecule has 5 nitrogen and oxygen atoms in total. The molecule has 0 atom stereocenters. The van der Waals surface area contributed by atoms with Crippen LogP contribution in [-0.4, -0.2) is 28.0 Å². The van der Waals surface area contributed by atoms with Crippen molar-refractivity contribution in [3.05, 3.63) is 17.5 Å². The normalized spacial score (nSPS) is 10.2. The number of aromatic carboxylic acids is 1. The Labute approximate surface area is 69.6 Å². The smallest absolute Gasteiger partial charge is 0.339 e. The van der Waals surface area contributed by atoms with Gasteiger partial charge in [-0.05, 0) is 0 Å². The van der Waals surface area contributed by atoms with Gasteiger partial charge in [0, 0.05) is 14.2 Å². The van der Waals surface area contributed by atoms with E-state index in [0.717, 1.165) is 0 Å². The largest absolute Gasteiger partial charge is 0.478 e. The molecule has 0 bridgehead atoms. The number of aryl methyl sites for hydroxylation is 1. The molecular formula is C7H10N2O3. The van der Waals surface area contributed by atoms with Crippen LogP contribution in [0.1, 0.15) is 16.1 Å². The second-order valence-corrected chi connectivity index (χ2v) is 2.37. The van der Waals surface area contributed by atoms with Crippen molar-refractivity contribution in [1.29, 1.82) is 0 Å². The van der Waals surface area contributed by atoms with Crippen LogP contribution in [0.2, 0.25) is 0 Å². The minimum atomic E-state index is -0.977. The van der Waals surface area contributed by atoms with Crippen LogP contribution < -0.4 is 0 Å². The van der Waals surface area contributed by atoms with Gasteiger partial charge in [0.2, 0.25) is 0 Å². The third-order valence-electron chi connectivity index (χ3n) is 1.57. The topological polar surface area (TPSA) is 64.3 Å². The zero-order chi connectivity index (χ0) is 9.14. The number of carbonyl (C=O) groups is 1. The van der Waals surface area contributed by atoms with Crippen molar-refractivity contribution >= 4 is 5.97 Å². The summed E-state index contributed by atoms with van der Waals surface area (Å²) in [6, 6.07) is 0. The van der Waals surface area contributed by atoms with Gasteiger partial charge in [-0.2, -0.15) is 5.10 Å². The monoisotopic (exact) mass is 170 g/mol. The fourth-order valence-electron chi connectivity index (χ4n) is 0.949. The Hall–Kier alpha value is -1.36. The Balaban J connectivity index is 3.03. The highest BCUT2D eigenvalue weighted by molar-refractivity contribution is 5.88. The molecule has 1 aromatic rings.